The van der Waals surface area contributed by atoms with Gasteiger partial charge in [0.2, 0.25) is 0 Å². The van der Waals surface area contributed by atoms with Gasteiger partial charge >= 0.3 is 0 Å². The zero-order valence-corrected chi connectivity index (χ0v) is 14.8. The van der Waals surface area contributed by atoms with Crippen molar-refractivity contribution < 1.29 is 9.47 Å². The first-order valence-electron chi connectivity index (χ1n) is 7.88. The minimum atomic E-state index is 0.725. The van der Waals surface area contributed by atoms with Gasteiger partial charge in [0.15, 0.2) is 5.65 Å². The summed E-state index contributed by atoms with van der Waals surface area (Å²) in [7, 11) is 3.28. The van der Waals surface area contributed by atoms with Crippen molar-refractivity contribution >= 4 is 29.0 Å². The number of rotatable bonds is 4. The molecule has 0 radical (unpaired) electrons. The van der Waals surface area contributed by atoms with Gasteiger partial charge in [-0.3, -0.25) is 4.57 Å². The molecule has 2 aromatic heterocycles. The Kier molecular flexibility index (Phi) is 4.33. The second kappa shape index (κ2) is 6.78. The van der Waals surface area contributed by atoms with E-state index in [2.05, 4.69) is 16.4 Å². The highest BCUT2D eigenvalue weighted by atomic mass is 32.2. The molecule has 0 spiro atoms. The van der Waals surface area contributed by atoms with Crippen LogP contribution in [0.25, 0.3) is 22.9 Å². The maximum atomic E-state index is 5.37. The van der Waals surface area contributed by atoms with Crippen molar-refractivity contribution in [3.05, 3.63) is 47.3 Å². The van der Waals surface area contributed by atoms with Crippen molar-refractivity contribution in [2.75, 3.05) is 26.6 Å². The number of nitrogens with zero attached hydrogens (tertiary/aromatic N) is 3. The van der Waals surface area contributed by atoms with Crippen LogP contribution in [0.5, 0.6) is 11.5 Å². The minimum Gasteiger partial charge on any atom is -0.497 e. The van der Waals surface area contributed by atoms with Gasteiger partial charge in [-0.25, -0.2) is 9.97 Å². The molecule has 0 atom stereocenters. The molecular formula is C18H18N4O2S. The fourth-order valence-electron chi connectivity index (χ4n) is 2.74. The number of hydrogen-bond donors (Lipinski definition) is 1. The van der Waals surface area contributed by atoms with Gasteiger partial charge in [-0.05, 0) is 18.2 Å². The SMILES string of the molecule is COc1cc(OC)cc(-n2cnc3ccc(C=C4CNCS4)nc32)c1. The van der Waals surface area contributed by atoms with Crippen LogP contribution in [-0.2, 0) is 0 Å². The van der Waals surface area contributed by atoms with Gasteiger partial charge in [-0.1, -0.05) is 0 Å². The van der Waals surface area contributed by atoms with E-state index < -0.39 is 0 Å². The zero-order chi connectivity index (χ0) is 17.2. The molecule has 0 aliphatic carbocycles. The topological polar surface area (TPSA) is 61.2 Å². The first-order chi connectivity index (χ1) is 12.3. The number of aromatic nitrogens is 3. The third-order valence-electron chi connectivity index (χ3n) is 4.00. The smallest absolute Gasteiger partial charge is 0.165 e. The number of nitrogens with one attached hydrogen (secondary N) is 1. The summed E-state index contributed by atoms with van der Waals surface area (Å²) >= 11 is 1.81. The molecular weight excluding hydrogens is 336 g/mol. The molecule has 1 aliphatic heterocycles. The number of benzene rings is 1. The number of methoxy groups -OCH3 is 2. The summed E-state index contributed by atoms with van der Waals surface area (Å²) in [5, 5.41) is 3.31. The molecule has 1 aromatic carbocycles. The number of hydrogen-bond acceptors (Lipinski definition) is 6. The third-order valence-corrected chi connectivity index (χ3v) is 4.98. The largest absolute Gasteiger partial charge is 0.497 e. The van der Waals surface area contributed by atoms with Gasteiger partial charge < -0.3 is 14.8 Å². The Labute approximate surface area is 149 Å². The van der Waals surface area contributed by atoms with Crippen LogP contribution in [0.2, 0.25) is 0 Å². The molecule has 1 aliphatic rings. The summed E-state index contributed by atoms with van der Waals surface area (Å²) in [6, 6.07) is 9.71. The molecule has 1 N–H and O–H groups in total. The fourth-order valence-corrected chi connectivity index (χ4v) is 3.53. The van der Waals surface area contributed by atoms with E-state index in [1.54, 1.807) is 20.5 Å². The fraction of sp³-hybridized carbons (Fsp3) is 0.222. The lowest BCUT2D eigenvalue weighted by atomic mass is 10.2. The van der Waals surface area contributed by atoms with E-state index in [1.165, 1.54) is 4.91 Å². The number of pyridine rings is 1. The summed E-state index contributed by atoms with van der Waals surface area (Å²) < 4.78 is 12.7. The molecule has 25 heavy (non-hydrogen) atoms. The van der Waals surface area contributed by atoms with Crippen LogP contribution in [0.4, 0.5) is 0 Å². The van der Waals surface area contributed by atoms with Crippen LogP contribution in [0.1, 0.15) is 5.69 Å². The van der Waals surface area contributed by atoms with Crippen LogP contribution in [0.15, 0.2) is 41.6 Å². The molecule has 4 rings (SSSR count). The predicted octanol–water partition coefficient (Wildman–Crippen LogP) is 3.07. The standard InChI is InChI=1S/C18H18N4O2S/c1-23-14-6-13(7-15(8-14)24-2)22-10-20-17-4-3-12(21-18(17)22)5-16-9-19-11-25-16/h3-8,10,19H,9,11H2,1-2H3. The summed E-state index contributed by atoms with van der Waals surface area (Å²) in [6.45, 7) is 0.900. The van der Waals surface area contributed by atoms with E-state index in [9.17, 15) is 0 Å². The summed E-state index contributed by atoms with van der Waals surface area (Å²) in [5.41, 5.74) is 3.48. The Bertz CT molecular complexity index is 921. The Morgan fingerprint density at radius 2 is 1.96 bits per heavy atom. The number of imidazole rings is 1. The Balaban J connectivity index is 1.81. The zero-order valence-electron chi connectivity index (χ0n) is 14.0. The Morgan fingerprint density at radius 3 is 2.64 bits per heavy atom. The van der Waals surface area contributed by atoms with Crippen LogP contribution < -0.4 is 14.8 Å². The molecule has 0 bridgehead atoms. The summed E-state index contributed by atoms with van der Waals surface area (Å²) in [6.07, 6.45) is 3.89. The van der Waals surface area contributed by atoms with Crippen molar-refractivity contribution in [3.63, 3.8) is 0 Å². The molecule has 0 amide bonds. The van der Waals surface area contributed by atoms with Crippen molar-refractivity contribution in [2.24, 2.45) is 0 Å². The van der Waals surface area contributed by atoms with E-state index in [0.717, 1.165) is 46.5 Å². The highest BCUT2D eigenvalue weighted by molar-refractivity contribution is 8.03. The molecule has 6 nitrogen and oxygen atoms in total. The Morgan fingerprint density at radius 1 is 1.16 bits per heavy atom. The van der Waals surface area contributed by atoms with Gasteiger partial charge in [0, 0.05) is 35.5 Å². The van der Waals surface area contributed by atoms with E-state index in [1.807, 2.05) is 46.7 Å². The summed E-state index contributed by atoms with van der Waals surface area (Å²) in [4.78, 5) is 10.5. The van der Waals surface area contributed by atoms with E-state index in [0.29, 0.717) is 0 Å². The van der Waals surface area contributed by atoms with E-state index in [4.69, 9.17) is 14.5 Å². The highest BCUT2D eigenvalue weighted by Crippen LogP contribution is 2.27. The number of fused-ring (bicyclic) bond motifs is 1. The highest BCUT2D eigenvalue weighted by Gasteiger charge is 2.11. The third kappa shape index (κ3) is 3.20. The number of ether oxygens (including phenoxy) is 2. The van der Waals surface area contributed by atoms with E-state index in [-0.39, 0.29) is 0 Å². The Hall–Kier alpha value is -2.51. The van der Waals surface area contributed by atoms with Crippen molar-refractivity contribution in [3.8, 4) is 17.2 Å². The van der Waals surface area contributed by atoms with Gasteiger partial charge in [0.25, 0.3) is 0 Å². The van der Waals surface area contributed by atoms with Crippen LogP contribution >= 0.6 is 11.8 Å². The van der Waals surface area contributed by atoms with Crippen molar-refractivity contribution in [1.82, 2.24) is 19.9 Å². The molecule has 0 unspecified atom stereocenters. The predicted molar refractivity (Wildman–Crippen MR) is 100 cm³/mol. The monoisotopic (exact) mass is 354 g/mol. The second-order valence-corrected chi connectivity index (χ2v) is 6.69. The van der Waals surface area contributed by atoms with E-state index >= 15 is 0 Å². The van der Waals surface area contributed by atoms with Crippen molar-refractivity contribution in [2.45, 2.75) is 0 Å². The molecule has 7 heteroatoms. The van der Waals surface area contributed by atoms with Crippen molar-refractivity contribution in [1.29, 1.82) is 0 Å². The molecule has 3 aromatic rings. The first kappa shape index (κ1) is 16.0. The maximum Gasteiger partial charge on any atom is 0.165 e. The molecule has 128 valence electrons. The lowest BCUT2D eigenvalue weighted by molar-refractivity contribution is 0.394. The average Bonchev–Trinajstić information content (AvgIpc) is 3.30. The first-order valence-corrected chi connectivity index (χ1v) is 8.87. The minimum absolute atomic E-state index is 0.725. The molecule has 1 fully saturated rings. The lowest BCUT2D eigenvalue weighted by Crippen LogP contribution is -2.04. The molecule has 1 saturated heterocycles. The second-order valence-electron chi connectivity index (χ2n) is 5.59. The normalized spacial score (nSPS) is 15.8. The van der Waals surface area contributed by atoms with Crippen LogP contribution in [-0.4, -0.2) is 41.2 Å². The number of thioether (sulfide) groups is 1. The van der Waals surface area contributed by atoms with Gasteiger partial charge in [0.1, 0.15) is 23.3 Å². The molecule has 0 saturated carbocycles. The molecule has 3 heterocycles. The van der Waals surface area contributed by atoms with Crippen LogP contribution in [0.3, 0.4) is 0 Å². The lowest BCUT2D eigenvalue weighted by Gasteiger charge is -2.09. The van der Waals surface area contributed by atoms with Gasteiger partial charge in [0.05, 0.1) is 25.6 Å². The summed E-state index contributed by atoms with van der Waals surface area (Å²) in [5.74, 6) is 2.40. The van der Waals surface area contributed by atoms with Crippen LogP contribution in [0, 0.1) is 0 Å². The average molecular weight is 354 g/mol. The maximum absolute atomic E-state index is 5.37. The van der Waals surface area contributed by atoms with Gasteiger partial charge in [-0.2, -0.15) is 0 Å². The quantitative estimate of drug-likeness (QED) is 0.777. The van der Waals surface area contributed by atoms with Gasteiger partial charge in [-0.15, -0.1) is 11.8 Å².